The number of amides is 1. The number of carbonyl (C=O) groups is 1. The van der Waals surface area contributed by atoms with Crippen molar-refractivity contribution in [2.45, 2.75) is 13.0 Å². The SMILES string of the molecule is C[C@@H](O)C(=O)NCCNP. The Bertz CT molecular complexity index is 108. The molecule has 0 aliphatic heterocycles. The lowest BCUT2D eigenvalue weighted by atomic mass is 10.4. The molecular weight excluding hydrogens is 151 g/mol. The van der Waals surface area contributed by atoms with Crippen LogP contribution in [0.25, 0.3) is 0 Å². The third-order valence-electron chi connectivity index (χ3n) is 0.948. The lowest BCUT2D eigenvalue weighted by molar-refractivity contribution is -0.128. The number of hydrogen-bond acceptors (Lipinski definition) is 3. The molecule has 0 aromatic carbocycles. The maximum Gasteiger partial charge on any atom is 0.248 e. The Morgan fingerprint density at radius 3 is 2.70 bits per heavy atom. The van der Waals surface area contributed by atoms with Gasteiger partial charge in [0.1, 0.15) is 6.10 Å². The summed E-state index contributed by atoms with van der Waals surface area (Å²) in [5.41, 5.74) is 0. The quantitative estimate of drug-likeness (QED) is 0.363. The first-order valence-electron chi connectivity index (χ1n) is 3.07. The largest absolute Gasteiger partial charge is 0.384 e. The zero-order valence-electron chi connectivity index (χ0n) is 5.92. The molecule has 5 heteroatoms. The van der Waals surface area contributed by atoms with E-state index in [0.717, 1.165) is 0 Å². The van der Waals surface area contributed by atoms with Crippen LogP contribution in [0.4, 0.5) is 0 Å². The number of nitrogens with one attached hydrogen (secondary N) is 2. The van der Waals surface area contributed by atoms with E-state index in [1.54, 1.807) is 0 Å². The smallest absolute Gasteiger partial charge is 0.248 e. The van der Waals surface area contributed by atoms with E-state index in [4.69, 9.17) is 5.11 Å². The standard InChI is InChI=1S/C5H13N2O2P/c1-4(8)5(9)6-2-3-7-10/h4,7-8H,2-3,10H2,1H3,(H,6,9)/t4-/m1/s1. The highest BCUT2D eigenvalue weighted by Crippen LogP contribution is 1.77. The zero-order valence-corrected chi connectivity index (χ0v) is 7.08. The van der Waals surface area contributed by atoms with Crippen LogP contribution in [0.3, 0.4) is 0 Å². The molecule has 0 saturated carbocycles. The summed E-state index contributed by atoms with van der Waals surface area (Å²) >= 11 is 0. The van der Waals surface area contributed by atoms with Crippen LogP contribution < -0.4 is 10.4 Å². The molecule has 3 N–H and O–H groups in total. The summed E-state index contributed by atoms with van der Waals surface area (Å²) in [7, 11) is 2.32. The van der Waals surface area contributed by atoms with Crippen molar-refractivity contribution in [2.75, 3.05) is 13.1 Å². The molecule has 0 aliphatic carbocycles. The molecule has 10 heavy (non-hydrogen) atoms. The van der Waals surface area contributed by atoms with Crippen molar-refractivity contribution in [1.29, 1.82) is 0 Å². The lowest BCUT2D eigenvalue weighted by Gasteiger charge is -2.05. The summed E-state index contributed by atoms with van der Waals surface area (Å²) in [4.78, 5) is 10.6. The summed E-state index contributed by atoms with van der Waals surface area (Å²) in [5, 5.41) is 14.0. The van der Waals surface area contributed by atoms with Gasteiger partial charge in [0, 0.05) is 13.1 Å². The van der Waals surface area contributed by atoms with E-state index in [9.17, 15) is 4.79 Å². The van der Waals surface area contributed by atoms with Gasteiger partial charge in [0.05, 0.1) is 0 Å². The van der Waals surface area contributed by atoms with Crippen LogP contribution >= 0.6 is 9.39 Å². The zero-order chi connectivity index (χ0) is 7.98. The maximum absolute atomic E-state index is 10.6. The number of hydrogen-bond donors (Lipinski definition) is 3. The molecule has 0 fully saturated rings. The molecule has 0 bridgehead atoms. The van der Waals surface area contributed by atoms with Gasteiger partial charge >= 0.3 is 0 Å². The van der Waals surface area contributed by atoms with Crippen molar-refractivity contribution < 1.29 is 9.90 Å². The second-order valence-electron chi connectivity index (χ2n) is 1.92. The fraction of sp³-hybridized carbons (Fsp3) is 0.800. The second-order valence-corrected chi connectivity index (χ2v) is 2.33. The van der Waals surface area contributed by atoms with Crippen LogP contribution in [0.2, 0.25) is 0 Å². The first-order valence-corrected chi connectivity index (χ1v) is 3.65. The van der Waals surface area contributed by atoms with Gasteiger partial charge in [-0.15, -0.1) is 0 Å². The molecule has 1 amide bonds. The summed E-state index contributed by atoms with van der Waals surface area (Å²) in [6.45, 7) is 2.65. The minimum absolute atomic E-state index is 0.333. The van der Waals surface area contributed by atoms with Gasteiger partial charge in [0.25, 0.3) is 0 Å². The average Bonchev–Trinajstić information content (AvgIpc) is 1.88. The second kappa shape index (κ2) is 5.59. The molecule has 4 nitrogen and oxygen atoms in total. The van der Waals surface area contributed by atoms with Crippen molar-refractivity contribution in [2.24, 2.45) is 0 Å². The fourth-order valence-corrected chi connectivity index (χ4v) is 0.550. The van der Waals surface area contributed by atoms with E-state index >= 15 is 0 Å². The summed E-state index contributed by atoms with van der Waals surface area (Å²) in [6, 6.07) is 0. The molecule has 0 saturated heterocycles. The third kappa shape index (κ3) is 4.68. The van der Waals surface area contributed by atoms with Gasteiger partial charge in [-0.3, -0.25) is 9.88 Å². The predicted molar refractivity (Wildman–Crippen MR) is 42.4 cm³/mol. The van der Waals surface area contributed by atoms with Gasteiger partial charge in [-0.25, -0.2) is 0 Å². The van der Waals surface area contributed by atoms with E-state index in [1.807, 2.05) is 0 Å². The Labute approximate surface area is 62.6 Å². The molecule has 2 atom stereocenters. The van der Waals surface area contributed by atoms with E-state index in [2.05, 4.69) is 19.8 Å². The molecule has 1 unspecified atom stereocenters. The molecule has 0 aromatic rings. The third-order valence-corrected chi connectivity index (χ3v) is 1.24. The Hall–Kier alpha value is -0.180. The first kappa shape index (κ1) is 9.82. The Balaban J connectivity index is 3.22. The van der Waals surface area contributed by atoms with Crippen molar-refractivity contribution in [3.63, 3.8) is 0 Å². The molecule has 0 aliphatic rings. The normalized spacial score (nSPS) is 12.7. The first-order chi connectivity index (χ1) is 4.68. The van der Waals surface area contributed by atoms with Gasteiger partial charge in [0.15, 0.2) is 0 Å². The van der Waals surface area contributed by atoms with Crippen LogP contribution in [-0.4, -0.2) is 30.2 Å². The van der Waals surface area contributed by atoms with Gasteiger partial charge in [-0.2, -0.15) is 0 Å². The fourth-order valence-electron chi connectivity index (χ4n) is 0.406. The predicted octanol–water partition coefficient (Wildman–Crippen LogP) is -1.14. The van der Waals surface area contributed by atoms with Crippen molar-refractivity contribution in [3.8, 4) is 0 Å². The minimum Gasteiger partial charge on any atom is -0.384 e. The van der Waals surface area contributed by atoms with Crippen LogP contribution in [0, 0.1) is 0 Å². The Morgan fingerprint density at radius 2 is 2.30 bits per heavy atom. The van der Waals surface area contributed by atoms with Crippen LogP contribution in [0.5, 0.6) is 0 Å². The van der Waals surface area contributed by atoms with E-state index < -0.39 is 6.10 Å². The monoisotopic (exact) mass is 164 g/mol. The highest BCUT2D eigenvalue weighted by atomic mass is 31.0. The molecule has 0 radical (unpaired) electrons. The Morgan fingerprint density at radius 1 is 1.70 bits per heavy atom. The van der Waals surface area contributed by atoms with Crippen molar-refractivity contribution >= 4 is 15.3 Å². The number of carbonyl (C=O) groups excluding carboxylic acids is 1. The highest BCUT2D eigenvalue weighted by Gasteiger charge is 2.05. The highest BCUT2D eigenvalue weighted by molar-refractivity contribution is 7.13. The van der Waals surface area contributed by atoms with Gasteiger partial charge in [0.2, 0.25) is 5.91 Å². The van der Waals surface area contributed by atoms with Crippen LogP contribution in [0.1, 0.15) is 6.92 Å². The van der Waals surface area contributed by atoms with Gasteiger partial charge < -0.3 is 10.4 Å². The molecule has 60 valence electrons. The van der Waals surface area contributed by atoms with Crippen LogP contribution in [0.15, 0.2) is 0 Å². The topological polar surface area (TPSA) is 61.4 Å². The molecule has 0 rings (SSSR count). The van der Waals surface area contributed by atoms with Gasteiger partial charge in [-0.05, 0) is 6.92 Å². The lowest BCUT2D eigenvalue weighted by Crippen LogP contribution is -2.35. The van der Waals surface area contributed by atoms with Crippen molar-refractivity contribution in [1.82, 2.24) is 10.4 Å². The number of aliphatic hydroxyl groups excluding tert-OH is 1. The van der Waals surface area contributed by atoms with E-state index in [1.165, 1.54) is 6.92 Å². The Kier molecular flexibility index (Phi) is 5.49. The molecule has 0 spiro atoms. The average molecular weight is 164 g/mol. The summed E-state index contributed by atoms with van der Waals surface area (Å²) in [5.74, 6) is -0.333. The number of rotatable bonds is 4. The van der Waals surface area contributed by atoms with Crippen molar-refractivity contribution in [3.05, 3.63) is 0 Å². The molecular formula is C5H13N2O2P. The molecule has 0 aromatic heterocycles. The van der Waals surface area contributed by atoms with E-state index in [0.29, 0.717) is 13.1 Å². The summed E-state index contributed by atoms with van der Waals surface area (Å²) < 4.78 is 0. The molecule has 0 heterocycles. The van der Waals surface area contributed by atoms with Crippen LogP contribution in [-0.2, 0) is 4.79 Å². The maximum atomic E-state index is 10.6. The number of aliphatic hydroxyl groups is 1. The van der Waals surface area contributed by atoms with Gasteiger partial charge in [-0.1, -0.05) is 9.39 Å². The summed E-state index contributed by atoms with van der Waals surface area (Å²) in [6.07, 6.45) is -0.912. The van der Waals surface area contributed by atoms with E-state index in [-0.39, 0.29) is 5.91 Å². The minimum atomic E-state index is -0.912.